The van der Waals surface area contributed by atoms with Crippen molar-refractivity contribution < 1.29 is 4.79 Å². The van der Waals surface area contributed by atoms with Crippen molar-refractivity contribution >= 4 is 28.5 Å². The molecule has 8 nitrogen and oxygen atoms in total. The third kappa shape index (κ3) is 5.27. The normalized spacial score (nSPS) is 15.0. The van der Waals surface area contributed by atoms with Gasteiger partial charge in [-0.3, -0.25) is 19.1 Å². The number of nitrogens with one attached hydrogen (secondary N) is 2. The predicted molar refractivity (Wildman–Crippen MR) is 140 cm³/mol. The van der Waals surface area contributed by atoms with Gasteiger partial charge < -0.3 is 10.6 Å². The van der Waals surface area contributed by atoms with Gasteiger partial charge >= 0.3 is 0 Å². The first-order valence-corrected chi connectivity index (χ1v) is 12.7. The van der Waals surface area contributed by atoms with Gasteiger partial charge in [0.05, 0.1) is 17.4 Å². The number of aromatic nitrogens is 4. The molecule has 0 aliphatic heterocycles. The summed E-state index contributed by atoms with van der Waals surface area (Å²) in [6, 6.07) is 4.13. The number of pyridine rings is 2. The van der Waals surface area contributed by atoms with Gasteiger partial charge in [0, 0.05) is 29.2 Å². The Kier molecular flexibility index (Phi) is 7.90. The van der Waals surface area contributed by atoms with Gasteiger partial charge in [0.2, 0.25) is 5.95 Å². The third-order valence-corrected chi connectivity index (χ3v) is 7.09. The van der Waals surface area contributed by atoms with Crippen molar-refractivity contribution in [3.8, 4) is 0 Å². The van der Waals surface area contributed by atoms with Crippen LogP contribution in [0.3, 0.4) is 0 Å². The number of nitrogens with zero attached hydrogens (tertiary/aromatic N) is 4. The molecule has 1 aliphatic carbocycles. The van der Waals surface area contributed by atoms with Crippen LogP contribution >= 0.6 is 0 Å². The summed E-state index contributed by atoms with van der Waals surface area (Å²) < 4.78 is 1.73. The number of carbonyl (C=O) groups is 1. The van der Waals surface area contributed by atoms with Gasteiger partial charge in [-0.25, -0.2) is 4.98 Å². The maximum Gasteiger partial charge on any atom is 0.263 e. The number of hydrogen-bond acceptors (Lipinski definition) is 7. The Labute approximate surface area is 206 Å². The predicted octanol–water partition coefficient (Wildman–Crippen LogP) is 5.05. The molecule has 1 aliphatic rings. The van der Waals surface area contributed by atoms with E-state index in [4.69, 9.17) is 9.97 Å². The Morgan fingerprint density at radius 3 is 2.57 bits per heavy atom. The van der Waals surface area contributed by atoms with Crippen molar-refractivity contribution in [3.63, 3.8) is 0 Å². The van der Waals surface area contributed by atoms with Crippen molar-refractivity contribution in [3.05, 3.63) is 51.7 Å². The summed E-state index contributed by atoms with van der Waals surface area (Å²) in [6.45, 7) is 6.42. The van der Waals surface area contributed by atoms with Crippen LogP contribution < -0.4 is 16.2 Å². The molecule has 0 spiro atoms. The molecule has 0 saturated heterocycles. The number of hydrogen-bond donors (Lipinski definition) is 2. The Balaban J connectivity index is 1.68. The summed E-state index contributed by atoms with van der Waals surface area (Å²) in [5, 5.41) is 7.22. The van der Waals surface area contributed by atoms with Crippen molar-refractivity contribution in [1.82, 2.24) is 24.8 Å². The van der Waals surface area contributed by atoms with Gasteiger partial charge in [0.15, 0.2) is 5.78 Å². The highest BCUT2D eigenvalue weighted by molar-refractivity contribution is 5.99. The van der Waals surface area contributed by atoms with Crippen molar-refractivity contribution in [2.24, 2.45) is 0 Å². The van der Waals surface area contributed by atoms with E-state index in [1.807, 2.05) is 19.3 Å². The number of ketones is 1. The molecule has 1 fully saturated rings. The monoisotopic (exact) mass is 476 g/mol. The molecule has 186 valence electrons. The minimum absolute atomic E-state index is 0.0560. The first-order chi connectivity index (χ1) is 16.9. The second-order valence-corrected chi connectivity index (χ2v) is 9.58. The Morgan fingerprint density at radius 1 is 1.17 bits per heavy atom. The molecule has 1 saturated carbocycles. The molecule has 2 N–H and O–H groups in total. The maximum atomic E-state index is 13.4. The fraction of sp³-hybridized carbons (Fsp3) is 0.519. The highest BCUT2D eigenvalue weighted by Gasteiger charge is 2.25. The molecule has 0 amide bonds. The summed E-state index contributed by atoms with van der Waals surface area (Å²) in [6.07, 6.45) is 10.8. The third-order valence-electron chi connectivity index (χ3n) is 7.09. The van der Waals surface area contributed by atoms with Gasteiger partial charge in [0.25, 0.3) is 5.56 Å². The van der Waals surface area contributed by atoms with Crippen molar-refractivity contribution in [1.29, 1.82) is 0 Å². The molecular weight excluding hydrogens is 440 g/mol. The molecule has 0 radical (unpaired) electrons. The number of Topliss-reactive ketones (excluding diaryl/α,β-unsaturated/α-hetero) is 1. The van der Waals surface area contributed by atoms with Crippen LogP contribution in [0.4, 0.5) is 11.6 Å². The van der Waals surface area contributed by atoms with E-state index in [1.54, 1.807) is 17.7 Å². The van der Waals surface area contributed by atoms with Gasteiger partial charge in [0.1, 0.15) is 5.65 Å². The van der Waals surface area contributed by atoms with E-state index in [2.05, 4.69) is 28.6 Å². The molecule has 3 heterocycles. The summed E-state index contributed by atoms with van der Waals surface area (Å²) in [7, 11) is 1.97. The van der Waals surface area contributed by atoms with Crippen LogP contribution in [0.15, 0.2) is 29.3 Å². The minimum Gasteiger partial charge on any atom is -0.323 e. The van der Waals surface area contributed by atoms with Gasteiger partial charge in [-0.1, -0.05) is 26.2 Å². The highest BCUT2D eigenvalue weighted by Crippen LogP contribution is 2.32. The lowest BCUT2D eigenvalue weighted by molar-refractivity contribution is 0.101. The van der Waals surface area contributed by atoms with E-state index in [-0.39, 0.29) is 22.9 Å². The van der Waals surface area contributed by atoms with Crippen LogP contribution in [-0.2, 0) is 0 Å². The van der Waals surface area contributed by atoms with E-state index >= 15 is 0 Å². The van der Waals surface area contributed by atoms with Gasteiger partial charge in [-0.15, -0.1) is 0 Å². The average molecular weight is 477 g/mol. The molecule has 1 unspecified atom stereocenters. The minimum atomic E-state index is -0.242. The maximum absolute atomic E-state index is 13.4. The zero-order chi connectivity index (χ0) is 24.9. The van der Waals surface area contributed by atoms with E-state index in [0.717, 1.165) is 68.3 Å². The second kappa shape index (κ2) is 11.1. The fourth-order valence-corrected chi connectivity index (χ4v) is 5.27. The van der Waals surface area contributed by atoms with E-state index in [0.29, 0.717) is 23.1 Å². The molecule has 0 aromatic carbocycles. The van der Waals surface area contributed by atoms with Crippen LogP contribution in [-0.4, -0.2) is 38.9 Å². The Hall–Kier alpha value is -3.13. The van der Waals surface area contributed by atoms with E-state index < -0.39 is 0 Å². The average Bonchev–Trinajstić information content (AvgIpc) is 3.36. The largest absolute Gasteiger partial charge is 0.323 e. The van der Waals surface area contributed by atoms with Crippen molar-refractivity contribution in [2.75, 3.05) is 18.9 Å². The smallest absolute Gasteiger partial charge is 0.263 e. The quantitative estimate of drug-likeness (QED) is 0.395. The molecule has 4 rings (SSSR count). The van der Waals surface area contributed by atoms with E-state index in [1.165, 1.54) is 6.92 Å². The summed E-state index contributed by atoms with van der Waals surface area (Å²) in [5.74, 6) is 0.622. The SMILES string of the molecule is CCCC(CCNC)c1ccc(Nc2ncc3c(C)c(C(C)=O)c(=O)n(C4CCCC4)c3n2)cn1. The molecule has 35 heavy (non-hydrogen) atoms. The standard InChI is InChI=1S/C27H36N6O2/c1-5-8-19(13-14-28-4)23-12-11-20(15-29-23)31-27-30-16-22-17(2)24(18(3)34)26(35)33(25(22)32-27)21-9-6-7-10-21/h11-12,15-16,19,21,28H,5-10,13-14H2,1-4H3,(H,30,31,32). The molecule has 8 heteroatoms. The summed E-state index contributed by atoms with van der Waals surface area (Å²) in [4.78, 5) is 39.7. The first kappa shape index (κ1) is 25.0. The lowest BCUT2D eigenvalue weighted by Crippen LogP contribution is -2.30. The van der Waals surface area contributed by atoms with Gasteiger partial charge in [-0.05, 0) is 70.8 Å². The molecule has 0 bridgehead atoms. The Bertz CT molecular complexity index is 1250. The van der Waals surface area contributed by atoms with Crippen LogP contribution in [0, 0.1) is 6.92 Å². The van der Waals surface area contributed by atoms with Crippen LogP contribution in [0.5, 0.6) is 0 Å². The lowest BCUT2D eigenvalue weighted by Gasteiger charge is -2.19. The zero-order valence-electron chi connectivity index (χ0n) is 21.2. The van der Waals surface area contributed by atoms with Crippen molar-refractivity contribution in [2.45, 2.75) is 77.7 Å². The van der Waals surface area contributed by atoms with E-state index in [9.17, 15) is 9.59 Å². The molecule has 3 aromatic heterocycles. The first-order valence-electron chi connectivity index (χ1n) is 12.7. The number of anilines is 2. The Morgan fingerprint density at radius 2 is 1.94 bits per heavy atom. The van der Waals surface area contributed by atoms with Gasteiger partial charge in [-0.2, -0.15) is 4.98 Å². The highest BCUT2D eigenvalue weighted by atomic mass is 16.1. The topological polar surface area (TPSA) is 102 Å². The number of aryl methyl sites for hydroxylation is 1. The molecule has 1 atom stereocenters. The lowest BCUT2D eigenvalue weighted by atomic mass is 9.95. The number of rotatable bonds is 10. The number of fused-ring (bicyclic) bond motifs is 1. The zero-order valence-corrected chi connectivity index (χ0v) is 21.2. The second-order valence-electron chi connectivity index (χ2n) is 9.58. The molecular formula is C27H36N6O2. The molecule has 3 aromatic rings. The fourth-order valence-electron chi connectivity index (χ4n) is 5.27. The van der Waals surface area contributed by atoms with Crippen LogP contribution in [0.25, 0.3) is 11.0 Å². The summed E-state index contributed by atoms with van der Waals surface area (Å²) in [5.41, 5.74) is 3.12. The van der Waals surface area contributed by atoms with Crippen LogP contribution in [0.1, 0.15) is 92.4 Å². The number of carbonyl (C=O) groups excluding carboxylic acids is 1. The summed E-state index contributed by atoms with van der Waals surface area (Å²) >= 11 is 0. The van der Waals surface area contributed by atoms with Crippen LogP contribution in [0.2, 0.25) is 0 Å².